The van der Waals surface area contributed by atoms with Crippen LogP contribution in [0.5, 0.6) is 0 Å². The van der Waals surface area contributed by atoms with Crippen molar-refractivity contribution in [2.75, 3.05) is 11.9 Å². The van der Waals surface area contributed by atoms with E-state index in [4.69, 9.17) is 0 Å². The highest BCUT2D eigenvalue weighted by Gasteiger charge is 2.60. The van der Waals surface area contributed by atoms with Gasteiger partial charge in [-0.25, -0.2) is 9.88 Å². The lowest BCUT2D eigenvalue weighted by Gasteiger charge is -2.12. The van der Waals surface area contributed by atoms with Crippen molar-refractivity contribution in [2.24, 2.45) is 11.8 Å². The summed E-state index contributed by atoms with van der Waals surface area (Å²) >= 11 is 1.35. The third-order valence-corrected chi connectivity index (χ3v) is 4.29. The Bertz CT molecular complexity index is 479. The molecule has 2 fully saturated rings. The number of aromatic nitrogens is 1. The predicted octanol–water partition coefficient (Wildman–Crippen LogP) is 0.933. The van der Waals surface area contributed by atoms with Crippen molar-refractivity contribution in [3.8, 4) is 0 Å². The Hall–Kier alpha value is -1.27. The summed E-state index contributed by atoms with van der Waals surface area (Å²) in [5.41, 5.74) is 0.869. The summed E-state index contributed by atoms with van der Waals surface area (Å²) < 4.78 is 0. The number of rotatable bonds is 3. The van der Waals surface area contributed by atoms with Gasteiger partial charge in [-0.3, -0.25) is 9.59 Å². The van der Waals surface area contributed by atoms with Crippen LogP contribution in [0.25, 0.3) is 0 Å². The lowest BCUT2D eigenvalue weighted by atomic mass is 10.3. The van der Waals surface area contributed by atoms with Crippen LogP contribution in [-0.4, -0.2) is 23.8 Å². The van der Waals surface area contributed by atoms with E-state index in [-0.39, 0.29) is 29.7 Å². The summed E-state index contributed by atoms with van der Waals surface area (Å²) in [6.07, 6.45) is 0.735. The van der Waals surface area contributed by atoms with Crippen molar-refractivity contribution >= 4 is 28.3 Å². The molecule has 0 aromatic carbocycles. The average Bonchev–Trinajstić information content (AvgIpc) is 2.92. The highest BCUT2D eigenvalue weighted by atomic mass is 32.1. The number of hydrogen-bond donors (Lipinski definition) is 1. The number of carbonyl (C=O) groups excluding carboxylic acids is 2. The first-order valence-corrected chi connectivity index (χ1v) is 6.52. The molecule has 1 saturated heterocycles. The van der Waals surface area contributed by atoms with Crippen LogP contribution in [0.3, 0.4) is 0 Å². The normalized spacial score (nSPS) is 28.5. The van der Waals surface area contributed by atoms with E-state index in [1.807, 2.05) is 19.4 Å². The van der Waals surface area contributed by atoms with E-state index >= 15 is 0 Å². The minimum Gasteiger partial charge on any atom is -0.312 e. The maximum absolute atomic E-state index is 11.9. The summed E-state index contributed by atoms with van der Waals surface area (Å²) in [6, 6.07) is 0.127. The maximum atomic E-state index is 11.9. The highest BCUT2D eigenvalue weighted by molar-refractivity contribution is 7.14. The predicted molar refractivity (Wildman–Crippen MR) is 63.7 cm³/mol. The Morgan fingerprint density at radius 2 is 2.12 bits per heavy atom. The van der Waals surface area contributed by atoms with Gasteiger partial charge in [-0.2, -0.15) is 0 Å². The molecule has 0 spiro atoms. The molecular formula is C11H13N3O2S. The zero-order valence-electron chi connectivity index (χ0n) is 9.64. The number of hydrogen-bond acceptors (Lipinski definition) is 5. The van der Waals surface area contributed by atoms with Gasteiger partial charge in [-0.15, -0.1) is 11.3 Å². The topological polar surface area (TPSA) is 62.3 Å². The first-order valence-electron chi connectivity index (χ1n) is 5.64. The number of carbonyl (C=O) groups is 2. The fourth-order valence-corrected chi connectivity index (χ4v) is 3.02. The van der Waals surface area contributed by atoms with Gasteiger partial charge in [0.05, 0.1) is 17.5 Å². The van der Waals surface area contributed by atoms with Gasteiger partial charge in [0.25, 0.3) is 0 Å². The van der Waals surface area contributed by atoms with Crippen LogP contribution >= 0.6 is 11.3 Å². The Morgan fingerprint density at radius 3 is 2.71 bits per heavy atom. The van der Waals surface area contributed by atoms with Gasteiger partial charge in [-0.05, 0) is 20.4 Å². The van der Waals surface area contributed by atoms with Crippen molar-refractivity contribution in [2.45, 2.75) is 19.4 Å². The molecule has 1 aromatic rings. The summed E-state index contributed by atoms with van der Waals surface area (Å²) in [6.45, 7) is 1.99. The number of nitrogens with one attached hydrogen (secondary N) is 1. The van der Waals surface area contributed by atoms with Gasteiger partial charge in [-0.1, -0.05) is 0 Å². The Morgan fingerprint density at radius 1 is 1.47 bits per heavy atom. The minimum atomic E-state index is -0.0713. The van der Waals surface area contributed by atoms with Gasteiger partial charge in [0.1, 0.15) is 0 Å². The van der Waals surface area contributed by atoms with Gasteiger partial charge >= 0.3 is 0 Å². The maximum Gasteiger partial charge on any atom is 0.239 e. The van der Waals surface area contributed by atoms with Crippen LogP contribution in [0.4, 0.5) is 5.13 Å². The molecule has 2 heterocycles. The molecule has 17 heavy (non-hydrogen) atoms. The summed E-state index contributed by atoms with van der Waals surface area (Å²) in [4.78, 5) is 29.3. The van der Waals surface area contributed by atoms with Gasteiger partial charge in [0.15, 0.2) is 5.13 Å². The lowest BCUT2D eigenvalue weighted by molar-refractivity contribution is -0.123. The number of thiazole rings is 1. The summed E-state index contributed by atoms with van der Waals surface area (Å²) in [7, 11) is 1.85. The molecule has 0 bridgehead atoms. The van der Waals surface area contributed by atoms with E-state index < -0.39 is 0 Å². The second kappa shape index (κ2) is 3.61. The first kappa shape index (κ1) is 10.9. The number of amides is 2. The van der Waals surface area contributed by atoms with Crippen molar-refractivity contribution in [3.05, 3.63) is 11.1 Å². The van der Waals surface area contributed by atoms with E-state index in [1.54, 1.807) is 0 Å². The van der Waals surface area contributed by atoms with E-state index in [0.717, 1.165) is 12.1 Å². The third kappa shape index (κ3) is 1.51. The SMILES string of the molecule is CNC(C)c1csc(N2C(=O)C3CC3C2=O)n1. The van der Waals surface area contributed by atoms with Gasteiger partial charge in [0.2, 0.25) is 11.8 Å². The monoisotopic (exact) mass is 251 g/mol. The molecule has 1 saturated carbocycles. The molecule has 1 aromatic heterocycles. The second-order valence-corrected chi connectivity index (χ2v) is 5.36. The molecule has 6 heteroatoms. The fraction of sp³-hybridized carbons (Fsp3) is 0.545. The van der Waals surface area contributed by atoms with Crippen molar-refractivity contribution < 1.29 is 9.59 Å². The average molecular weight is 251 g/mol. The second-order valence-electron chi connectivity index (χ2n) is 4.53. The fourth-order valence-electron chi connectivity index (χ4n) is 2.10. The number of nitrogens with zero attached hydrogens (tertiary/aromatic N) is 2. The number of anilines is 1. The van der Waals surface area contributed by atoms with E-state index in [1.165, 1.54) is 16.2 Å². The Kier molecular flexibility index (Phi) is 2.31. The van der Waals surface area contributed by atoms with Crippen molar-refractivity contribution in [1.82, 2.24) is 10.3 Å². The molecule has 1 aliphatic heterocycles. The van der Waals surface area contributed by atoms with Crippen LogP contribution in [0.1, 0.15) is 25.1 Å². The molecule has 2 amide bonds. The Balaban J connectivity index is 1.87. The largest absolute Gasteiger partial charge is 0.312 e. The molecule has 0 radical (unpaired) electrons. The zero-order chi connectivity index (χ0) is 12.2. The van der Waals surface area contributed by atoms with Crippen LogP contribution in [0, 0.1) is 11.8 Å². The molecule has 1 aliphatic carbocycles. The van der Waals surface area contributed by atoms with Crippen LogP contribution < -0.4 is 10.2 Å². The smallest absolute Gasteiger partial charge is 0.239 e. The van der Waals surface area contributed by atoms with Crippen molar-refractivity contribution in [1.29, 1.82) is 0 Å². The van der Waals surface area contributed by atoms with Crippen LogP contribution in [-0.2, 0) is 9.59 Å². The molecule has 3 unspecified atom stereocenters. The first-order chi connectivity index (χ1) is 8.13. The minimum absolute atomic E-state index is 0.0587. The molecule has 1 N–H and O–H groups in total. The standard InChI is InChI=1S/C11H13N3O2S/c1-5(12-2)8-4-17-11(13-8)14-9(15)6-3-7(6)10(14)16/h4-7,12H,3H2,1-2H3. The number of fused-ring (bicyclic) bond motifs is 1. The zero-order valence-corrected chi connectivity index (χ0v) is 10.5. The van der Waals surface area contributed by atoms with E-state index in [0.29, 0.717) is 5.13 Å². The molecule has 3 rings (SSSR count). The summed E-state index contributed by atoms with van der Waals surface area (Å²) in [5, 5.41) is 5.49. The van der Waals surface area contributed by atoms with Crippen LogP contribution in [0.2, 0.25) is 0 Å². The lowest BCUT2D eigenvalue weighted by Crippen LogP contribution is -2.32. The third-order valence-electron chi connectivity index (χ3n) is 3.44. The summed E-state index contributed by atoms with van der Waals surface area (Å²) in [5.74, 6) is -0.260. The van der Waals surface area contributed by atoms with Crippen molar-refractivity contribution in [3.63, 3.8) is 0 Å². The molecule has 5 nitrogen and oxygen atoms in total. The van der Waals surface area contributed by atoms with E-state index in [2.05, 4.69) is 10.3 Å². The molecule has 2 aliphatic rings. The Labute approximate surface area is 103 Å². The van der Waals surface area contributed by atoms with Gasteiger partial charge < -0.3 is 5.32 Å². The number of imide groups is 1. The number of piperidine rings is 1. The molecular weight excluding hydrogens is 238 g/mol. The quantitative estimate of drug-likeness (QED) is 0.812. The van der Waals surface area contributed by atoms with E-state index in [9.17, 15) is 9.59 Å². The molecule has 90 valence electrons. The molecule has 3 atom stereocenters. The van der Waals surface area contributed by atoms with Gasteiger partial charge in [0, 0.05) is 11.4 Å². The van der Waals surface area contributed by atoms with Crippen LogP contribution in [0.15, 0.2) is 5.38 Å². The highest BCUT2D eigenvalue weighted by Crippen LogP contribution is 2.48.